The highest BCUT2D eigenvalue weighted by molar-refractivity contribution is 5.87. The minimum Gasteiger partial charge on any atom is -0.478 e. The van der Waals surface area contributed by atoms with E-state index in [1.807, 2.05) is 0 Å². The van der Waals surface area contributed by atoms with Crippen LogP contribution >= 0.6 is 0 Å². The Bertz CT molecular complexity index is 944. The van der Waals surface area contributed by atoms with Gasteiger partial charge in [0.1, 0.15) is 6.04 Å². The van der Waals surface area contributed by atoms with Gasteiger partial charge >= 0.3 is 5.97 Å². The Morgan fingerprint density at radius 2 is 1.75 bits per heavy atom. The van der Waals surface area contributed by atoms with Crippen LogP contribution in [0, 0.1) is 34.5 Å². The number of carboxylic acids is 1. The lowest BCUT2D eigenvalue weighted by Crippen LogP contribution is -2.64. The molecule has 0 spiro atoms. The first-order valence-corrected chi connectivity index (χ1v) is 11.7. The number of aromatic carboxylic acids is 1. The summed E-state index contributed by atoms with van der Waals surface area (Å²) in [5.74, 6) is 0.678. The lowest BCUT2D eigenvalue weighted by atomic mass is 9.46. The molecule has 5 aliphatic carbocycles. The van der Waals surface area contributed by atoms with Crippen LogP contribution in [0.1, 0.15) is 61.7 Å². The Morgan fingerprint density at radius 3 is 2.28 bits per heavy atom. The molecule has 7 rings (SSSR count). The fraction of sp³-hybridized carbons (Fsp3) is 0.640. The lowest BCUT2D eigenvalue weighted by molar-refractivity contribution is -0.177. The molecular formula is C25H31N3O4. The fourth-order valence-electron chi connectivity index (χ4n) is 7.54. The van der Waals surface area contributed by atoms with Crippen molar-refractivity contribution in [3.8, 4) is 6.07 Å². The molecule has 1 saturated heterocycles. The number of hydrogen-bond acceptors (Lipinski definition) is 5. The molecule has 5 saturated carbocycles. The van der Waals surface area contributed by atoms with Gasteiger partial charge in [-0.05, 0) is 86.7 Å². The number of hydrogen-bond donors (Lipinski definition) is 3. The molecule has 6 atom stereocenters. The van der Waals surface area contributed by atoms with Gasteiger partial charge in [0, 0.05) is 6.04 Å². The van der Waals surface area contributed by atoms with Crippen molar-refractivity contribution in [2.75, 3.05) is 0 Å². The number of nitrogens with two attached hydrogens (primary N) is 1. The van der Waals surface area contributed by atoms with Crippen molar-refractivity contribution in [2.24, 2.45) is 28.9 Å². The lowest BCUT2D eigenvalue weighted by Gasteiger charge is -2.61. The first-order chi connectivity index (χ1) is 15.2. The van der Waals surface area contributed by atoms with Gasteiger partial charge < -0.3 is 20.8 Å². The number of amides is 1. The number of piperidine rings is 1. The molecule has 1 aromatic rings. The zero-order chi connectivity index (χ0) is 22.7. The maximum Gasteiger partial charge on any atom is 0.335 e. The predicted octanol–water partition coefficient (Wildman–Crippen LogP) is 2.54. The number of benzene rings is 1. The highest BCUT2D eigenvalue weighted by Gasteiger charge is 2.62. The van der Waals surface area contributed by atoms with E-state index < -0.39 is 17.6 Å². The van der Waals surface area contributed by atoms with E-state index in [4.69, 9.17) is 10.8 Å². The quantitative estimate of drug-likeness (QED) is 0.667. The first-order valence-electron chi connectivity index (χ1n) is 11.7. The highest BCUT2D eigenvalue weighted by Crippen LogP contribution is 2.63. The average Bonchev–Trinajstić information content (AvgIpc) is 3.41. The van der Waals surface area contributed by atoms with Crippen molar-refractivity contribution < 1.29 is 19.8 Å². The van der Waals surface area contributed by atoms with Crippen LogP contribution in [0.5, 0.6) is 0 Å². The molecule has 0 radical (unpaired) electrons. The summed E-state index contributed by atoms with van der Waals surface area (Å²) in [6.45, 7) is 0. The molecular weight excluding hydrogens is 406 g/mol. The van der Waals surface area contributed by atoms with Gasteiger partial charge in [-0.2, -0.15) is 5.26 Å². The number of rotatable bonds is 3. The molecule has 1 aliphatic heterocycles. The Labute approximate surface area is 188 Å². The normalized spacial score (nSPS) is 41.2. The molecule has 170 valence electrons. The first kappa shape index (κ1) is 21.4. The number of nitriles is 1. The van der Waals surface area contributed by atoms with E-state index in [9.17, 15) is 20.0 Å². The largest absolute Gasteiger partial charge is 0.478 e. The third kappa shape index (κ3) is 3.60. The Balaban J connectivity index is 0.000000203. The van der Waals surface area contributed by atoms with Crippen LogP contribution in [-0.4, -0.2) is 50.7 Å². The number of carboxylic acid groups (broad SMARTS) is 1. The maximum absolute atomic E-state index is 13.1. The van der Waals surface area contributed by atoms with E-state index in [0.29, 0.717) is 29.7 Å². The molecule has 7 nitrogen and oxygen atoms in total. The van der Waals surface area contributed by atoms with Crippen LogP contribution in [0.2, 0.25) is 0 Å². The zero-order valence-corrected chi connectivity index (χ0v) is 18.2. The number of likely N-dealkylation sites (tertiary alicyclic amines) is 1. The summed E-state index contributed by atoms with van der Waals surface area (Å²) in [5, 5.41) is 28.6. The second-order valence-corrected chi connectivity index (χ2v) is 10.9. The zero-order valence-electron chi connectivity index (χ0n) is 18.2. The van der Waals surface area contributed by atoms with Gasteiger partial charge in [-0.3, -0.25) is 4.79 Å². The second-order valence-electron chi connectivity index (χ2n) is 10.9. The predicted molar refractivity (Wildman–Crippen MR) is 116 cm³/mol. The van der Waals surface area contributed by atoms with Crippen LogP contribution < -0.4 is 5.73 Å². The summed E-state index contributed by atoms with van der Waals surface area (Å²) < 4.78 is 0. The smallest absolute Gasteiger partial charge is 0.335 e. The molecule has 32 heavy (non-hydrogen) atoms. The van der Waals surface area contributed by atoms with Crippen LogP contribution in [0.25, 0.3) is 0 Å². The van der Waals surface area contributed by atoms with Gasteiger partial charge in [0.05, 0.1) is 23.3 Å². The number of nitrogens with zero attached hydrogens (tertiary/aromatic N) is 2. The minimum absolute atomic E-state index is 0.0212. The number of carbonyl (C=O) groups is 2. The fourth-order valence-corrected chi connectivity index (χ4v) is 7.54. The van der Waals surface area contributed by atoms with Crippen LogP contribution in [0.15, 0.2) is 30.3 Å². The van der Waals surface area contributed by atoms with E-state index >= 15 is 0 Å². The van der Waals surface area contributed by atoms with Crippen LogP contribution in [0.3, 0.4) is 0 Å². The third-order valence-electron chi connectivity index (χ3n) is 8.53. The summed E-state index contributed by atoms with van der Waals surface area (Å²) in [7, 11) is 0. The van der Waals surface area contributed by atoms with Gasteiger partial charge in [-0.1, -0.05) is 18.2 Å². The molecule has 6 fully saturated rings. The molecule has 4 N–H and O–H groups in total. The van der Waals surface area contributed by atoms with Gasteiger partial charge in [0.15, 0.2) is 0 Å². The van der Waals surface area contributed by atoms with Crippen molar-refractivity contribution in [1.29, 1.82) is 5.26 Å². The number of aliphatic hydroxyl groups is 1. The van der Waals surface area contributed by atoms with Gasteiger partial charge in [-0.25, -0.2) is 4.79 Å². The highest BCUT2D eigenvalue weighted by atomic mass is 16.4. The topological polar surface area (TPSA) is 128 Å². The van der Waals surface area contributed by atoms with E-state index in [-0.39, 0.29) is 23.4 Å². The average molecular weight is 438 g/mol. The summed E-state index contributed by atoms with van der Waals surface area (Å²) in [5.41, 5.74) is 6.05. The standard InChI is InChI=1S/C18H25N3O2.C7H6O2/c19-8-13-2-12-3-14(12)21(13)16(22)15(20)17-4-10-1-11(5-17)7-18(23,6-10)9-17;8-7(9)6-4-2-1-3-5-6/h10-15,23H,1-7,9,20H2;1-5H,(H,8,9)/t10?,11?,12-,13+,14+,15-,17?,18?;/m1./s1. The molecule has 1 heterocycles. The van der Waals surface area contributed by atoms with Crippen molar-refractivity contribution >= 4 is 11.9 Å². The molecule has 0 aromatic heterocycles. The van der Waals surface area contributed by atoms with Gasteiger partial charge in [0.25, 0.3) is 0 Å². The van der Waals surface area contributed by atoms with E-state index in [2.05, 4.69) is 6.07 Å². The Hall–Kier alpha value is -2.43. The van der Waals surface area contributed by atoms with E-state index in [1.54, 1.807) is 35.2 Å². The minimum atomic E-state index is -0.879. The Kier molecular flexibility index (Phi) is 5.06. The third-order valence-corrected chi connectivity index (χ3v) is 8.53. The van der Waals surface area contributed by atoms with Gasteiger partial charge in [-0.15, -0.1) is 0 Å². The van der Waals surface area contributed by atoms with Crippen molar-refractivity contribution in [3.05, 3.63) is 35.9 Å². The summed E-state index contributed by atoms with van der Waals surface area (Å²) in [6, 6.07) is 10.0. The van der Waals surface area contributed by atoms with Crippen LogP contribution in [0.4, 0.5) is 0 Å². The number of carbonyl (C=O) groups excluding carboxylic acids is 1. The molecule has 2 unspecified atom stereocenters. The van der Waals surface area contributed by atoms with E-state index in [0.717, 1.165) is 38.5 Å². The van der Waals surface area contributed by atoms with Crippen LogP contribution in [-0.2, 0) is 4.79 Å². The molecule has 1 amide bonds. The molecule has 4 bridgehead atoms. The summed E-state index contributed by atoms with van der Waals surface area (Å²) >= 11 is 0. The summed E-state index contributed by atoms with van der Waals surface area (Å²) in [4.78, 5) is 25.1. The molecule has 6 aliphatic rings. The van der Waals surface area contributed by atoms with E-state index in [1.165, 1.54) is 6.42 Å². The maximum atomic E-state index is 13.1. The SMILES string of the molecule is N#C[C@@H]1C[C@@H]2C[C@@H]2N1C(=O)[C@@H](N)C12CC3CC(CC(O)(C3)C1)C2.O=C(O)c1ccccc1. The molecule has 7 heteroatoms. The van der Waals surface area contributed by atoms with Crippen molar-refractivity contribution in [3.63, 3.8) is 0 Å². The number of fused-ring (bicyclic) bond motifs is 1. The van der Waals surface area contributed by atoms with Crippen molar-refractivity contribution in [1.82, 2.24) is 4.90 Å². The Morgan fingerprint density at radius 1 is 1.09 bits per heavy atom. The molecule has 1 aromatic carbocycles. The van der Waals surface area contributed by atoms with Crippen molar-refractivity contribution in [2.45, 2.75) is 75.1 Å². The summed E-state index contributed by atoms with van der Waals surface area (Å²) in [6.07, 6.45) is 7.48. The monoisotopic (exact) mass is 437 g/mol. The second kappa shape index (κ2) is 7.57. The van der Waals surface area contributed by atoms with Gasteiger partial charge in [0.2, 0.25) is 5.91 Å².